The first-order valence-electron chi connectivity index (χ1n) is 18.0. The van der Waals surface area contributed by atoms with Crippen molar-refractivity contribution in [1.82, 2.24) is 19.6 Å². The highest BCUT2D eigenvalue weighted by Gasteiger charge is 2.40. The molecule has 250 valence electrons. The summed E-state index contributed by atoms with van der Waals surface area (Å²) in [4.78, 5) is 10.3. The maximum absolute atomic E-state index is 5.74. The van der Waals surface area contributed by atoms with Crippen LogP contribution in [0.3, 0.4) is 0 Å². The molecule has 8 heteroatoms. The van der Waals surface area contributed by atoms with Gasteiger partial charge in [0.1, 0.15) is 0 Å². The molecule has 0 N–H and O–H groups in total. The van der Waals surface area contributed by atoms with Crippen LogP contribution in [0.5, 0.6) is 0 Å². The smallest absolute Gasteiger partial charge is 0.0718 e. The summed E-state index contributed by atoms with van der Waals surface area (Å²) in [6.07, 6.45) is 8.21. The van der Waals surface area contributed by atoms with Gasteiger partial charge in [0.2, 0.25) is 0 Å². The summed E-state index contributed by atoms with van der Waals surface area (Å²) < 4.78 is 22.1. The lowest BCUT2D eigenvalue weighted by Gasteiger charge is -2.37. The summed E-state index contributed by atoms with van der Waals surface area (Å²) in [7, 11) is 0. The standard InChI is InChI=1S/3C9H17NO.C8H15NO/c1-7(2)10-3-8-5-11-6-9(8)4-10;1-7(2)10-8-3-4-9(10)6-11-5-8;1-7(2)10-5-8-3-4-9(6-10)11-8;1-6(2)9-4-8-3-7(9)5-10-8/h3*7-9H,3-6H2,1-2H3;6-8H,3-5H2,1-2H3. The fourth-order valence-electron chi connectivity index (χ4n) is 8.78. The Morgan fingerprint density at radius 3 is 1.42 bits per heavy atom. The van der Waals surface area contributed by atoms with Crippen LogP contribution >= 0.6 is 0 Å². The topological polar surface area (TPSA) is 49.9 Å². The SMILES string of the molecule is CC(C)N1C2CCC1COC2.CC(C)N1CC2CC1CO2.CC(C)N1CC2CCC(C1)O2.CC(C)N1CC2COCC2C1. The van der Waals surface area contributed by atoms with E-state index in [2.05, 4.69) is 75.0 Å². The molecule has 8 aliphatic heterocycles. The lowest BCUT2D eigenvalue weighted by molar-refractivity contribution is -0.0480. The number of hydrogen-bond acceptors (Lipinski definition) is 8. The van der Waals surface area contributed by atoms with Crippen LogP contribution in [0.2, 0.25) is 0 Å². The van der Waals surface area contributed by atoms with Gasteiger partial charge in [-0.1, -0.05) is 0 Å². The lowest BCUT2D eigenvalue weighted by Crippen LogP contribution is -2.49. The first-order chi connectivity index (χ1) is 20.6. The zero-order chi connectivity index (χ0) is 30.7. The Morgan fingerprint density at radius 2 is 1.02 bits per heavy atom. The predicted molar refractivity (Wildman–Crippen MR) is 174 cm³/mol. The summed E-state index contributed by atoms with van der Waals surface area (Å²) in [6, 6.07) is 5.03. The van der Waals surface area contributed by atoms with E-state index >= 15 is 0 Å². The molecule has 8 unspecified atom stereocenters. The van der Waals surface area contributed by atoms with E-state index in [0.717, 1.165) is 82.1 Å². The molecule has 0 aromatic rings. The monoisotopic (exact) mass is 607 g/mol. The minimum Gasteiger partial charge on any atom is -0.381 e. The molecule has 8 aliphatic rings. The quantitative estimate of drug-likeness (QED) is 0.468. The predicted octanol–water partition coefficient (Wildman–Crippen LogP) is 4.36. The maximum Gasteiger partial charge on any atom is 0.0718 e. The van der Waals surface area contributed by atoms with Crippen LogP contribution in [0.25, 0.3) is 0 Å². The second kappa shape index (κ2) is 15.5. The zero-order valence-corrected chi connectivity index (χ0v) is 29.0. The Hall–Kier alpha value is -0.320. The van der Waals surface area contributed by atoms with Gasteiger partial charge in [0.15, 0.2) is 0 Å². The largest absolute Gasteiger partial charge is 0.381 e. The van der Waals surface area contributed by atoms with Gasteiger partial charge in [0.05, 0.1) is 51.3 Å². The molecule has 8 atom stereocenters. The van der Waals surface area contributed by atoms with Crippen molar-refractivity contribution in [3.63, 3.8) is 0 Å². The van der Waals surface area contributed by atoms with Crippen molar-refractivity contribution in [3.8, 4) is 0 Å². The molecule has 8 nitrogen and oxygen atoms in total. The normalized spacial score (nSPS) is 38.8. The molecular formula is C35H66N4O4. The van der Waals surface area contributed by atoms with Crippen molar-refractivity contribution in [3.05, 3.63) is 0 Å². The number of nitrogens with zero attached hydrogens (tertiary/aromatic N) is 4. The molecule has 8 saturated heterocycles. The van der Waals surface area contributed by atoms with E-state index in [0.29, 0.717) is 36.4 Å². The molecule has 0 radical (unpaired) electrons. The number of likely N-dealkylation sites (tertiary alicyclic amines) is 3. The molecule has 0 spiro atoms. The molecule has 8 heterocycles. The van der Waals surface area contributed by atoms with Crippen LogP contribution in [0.15, 0.2) is 0 Å². The van der Waals surface area contributed by atoms with E-state index in [4.69, 9.17) is 18.9 Å². The van der Waals surface area contributed by atoms with Crippen molar-refractivity contribution < 1.29 is 18.9 Å². The molecular weight excluding hydrogens is 540 g/mol. The van der Waals surface area contributed by atoms with Crippen LogP contribution in [-0.2, 0) is 18.9 Å². The number of hydrogen-bond donors (Lipinski definition) is 0. The summed E-state index contributed by atoms with van der Waals surface area (Å²) in [6.45, 7) is 29.2. The molecule has 0 aromatic heterocycles. The molecule has 8 fully saturated rings. The molecule has 0 amide bonds. The van der Waals surface area contributed by atoms with E-state index in [1.165, 1.54) is 51.7 Å². The minimum absolute atomic E-state index is 0.552. The second-order valence-electron chi connectivity index (χ2n) is 15.7. The van der Waals surface area contributed by atoms with Crippen molar-refractivity contribution in [2.75, 3.05) is 65.8 Å². The van der Waals surface area contributed by atoms with Crippen molar-refractivity contribution in [2.24, 2.45) is 11.8 Å². The fourth-order valence-corrected chi connectivity index (χ4v) is 8.78. The fraction of sp³-hybridized carbons (Fsp3) is 1.00. The van der Waals surface area contributed by atoms with Crippen LogP contribution in [-0.4, -0.2) is 146 Å². The van der Waals surface area contributed by atoms with Gasteiger partial charge < -0.3 is 23.8 Å². The van der Waals surface area contributed by atoms with Gasteiger partial charge in [-0.3, -0.25) is 14.7 Å². The number of morpholine rings is 3. The van der Waals surface area contributed by atoms with Crippen LogP contribution in [0, 0.1) is 11.8 Å². The zero-order valence-electron chi connectivity index (χ0n) is 29.0. The Morgan fingerprint density at radius 1 is 0.488 bits per heavy atom. The second-order valence-corrected chi connectivity index (χ2v) is 15.7. The Kier molecular flexibility index (Phi) is 12.3. The van der Waals surface area contributed by atoms with Crippen molar-refractivity contribution in [2.45, 2.75) is 148 Å². The molecule has 0 saturated carbocycles. The average Bonchev–Trinajstić information content (AvgIpc) is 3.81. The highest BCUT2D eigenvalue weighted by molar-refractivity contribution is 4.93. The van der Waals surface area contributed by atoms with Crippen LogP contribution in [0.1, 0.15) is 87.5 Å². The highest BCUT2D eigenvalue weighted by atomic mass is 16.5. The van der Waals surface area contributed by atoms with Gasteiger partial charge in [-0.05, 0) is 87.5 Å². The van der Waals surface area contributed by atoms with Crippen molar-refractivity contribution in [1.29, 1.82) is 0 Å². The Balaban J connectivity index is 0.000000114. The van der Waals surface area contributed by atoms with E-state index in [9.17, 15) is 0 Å². The number of ether oxygens (including phenoxy) is 4. The lowest BCUT2D eigenvalue weighted by atomic mass is 10.0. The number of fused-ring (bicyclic) bond motifs is 7. The highest BCUT2D eigenvalue weighted by Crippen LogP contribution is 2.32. The van der Waals surface area contributed by atoms with Gasteiger partial charge in [0, 0.05) is 86.9 Å². The Labute approximate surface area is 264 Å². The van der Waals surface area contributed by atoms with E-state index < -0.39 is 0 Å². The average molecular weight is 607 g/mol. The first-order valence-corrected chi connectivity index (χ1v) is 18.0. The molecule has 8 rings (SSSR count). The van der Waals surface area contributed by atoms with Gasteiger partial charge in [-0.15, -0.1) is 0 Å². The summed E-state index contributed by atoms with van der Waals surface area (Å²) >= 11 is 0. The van der Waals surface area contributed by atoms with Gasteiger partial charge >= 0.3 is 0 Å². The molecule has 0 aromatic carbocycles. The van der Waals surface area contributed by atoms with E-state index in [-0.39, 0.29) is 0 Å². The third kappa shape index (κ3) is 8.73. The number of rotatable bonds is 4. The van der Waals surface area contributed by atoms with Gasteiger partial charge in [-0.2, -0.15) is 0 Å². The molecule has 0 aliphatic carbocycles. The Bertz CT molecular complexity index is 803. The minimum atomic E-state index is 0.552. The molecule has 43 heavy (non-hydrogen) atoms. The third-order valence-electron chi connectivity index (χ3n) is 11.3. The third-order valence-corrected chi connectivity index (χ3v) is 11.3. The summed E-state index contributed by atoms with van der Waals surface area (Å²) in [5.74, 6) is 1.69. The van der Waals surface area contributed by atoms with Gasteiger partial charge in [-0.25, -0.2) is 0 Å². The van der Waals surface area contributed by atoms with Crippen molar-refractivity contribution >= 4 is 0 Å². The maximum atomic E-state index is 5.74. The van der Waals surface area contributed by atoms with E-state index in [1.807, 2.05) is 0 Å². The van der Waals surface area contributed by atoms with Gasteiger partial charge in [0.25, 0.3) is 0 Å². The summed E-state index contributed by atoms with van der Waals surface area (Å²) in [5.41, 5.74) is 0. The summed E-state index contributed by atoms with van der Waals surface area (Å²) in [5, 5.41) is 0. The molecule has 6 bridgehead atoms. The first kappa shape index (κ1) is 34.0. The van der Waals surface area contributed by atoms with E-state index in [1.54, 1.807) is 0 Å². The van der Waals surface area contributed by atoms with Crippen LogP contribution < -0.4 is 0 Å². The van der Waals surface area contributed by atoms with Crippen LogP contribution in [0.4, 0.5) is 0 Å².